The van der Waals surface area contributed by atoms with E-state index in [0.717, 1.165) is 5.82 Å². The molecule has 0 fully saturated rings. The van der Waals surface area contributed by atoms with Crippen molar-refractivity contribution < 1.29 is 0 Å². The molecule has 1 aromatic carbocycles. The molecule has 1 atom stereocenters. The molecular formula is C15H17N5OS. The molecule has 0 aliphatic heterocycles. The second-order valence-electron chi connectivity index (χ2n) is 5.39. The molecule has 114 valence electrons. The van der Waals surface area contributed by atoms with Crippen molar-refractivity contribution in [3.05, 3.63) is 46.3 Å². The Hall–Kier alpha value is -2.15. The van der Waals surface area contributed by atoms with E-state index in [1.807, 2.05) is 25.1 Å². The van der Waals surface area contributed by atoms with Crippen LogP contribution in [0, 0.1) is 0 Å². The molecule has 6 nitrogen and oxygen atoms in total. The lowest BCUT2D eigenvalue weighted by atomic mass is 10.2. The second-order valence-corrected chi connectivity index (χ2v) is 6.69. The van der Waals surface area contributed by atoms with Gasteiger partial charge in [0.05, 0.1) is 16.2 Å². The number of rotatable bonds is 4. The molecule has 22 heavy (non-hydrogen) atoms. The normalized spacial score (nSPS) is 12.9. The van der Waals surface area contributed by atoms with E-state index in [4.69, 9.17) is 0 Å². The lowest BCUT2D eigenvalue weighted by molar-refractivity contribution is 0.780. The van der Waals surface area contributed by atoms with Crippen LogP contribution in [-0.2, 0) is 0 Å². The third-order valence-corrected chi connectivity index (χ3v) is 4.30. The van der Waals surface area contributed by atoms with Gasteiger partial charge in [0.1, 0.15) is 11.6 Å². The minimum absolute atomic E-state index is 0.0480. The van der Waals surface area contributed by atoms with Gasteiger partial charge in [-0.05, 0) is 19.1 Å². The standard InChI is InChI=1S/C15H17N5OS/c1-8(2)12-18-15(20-19-12)22-9(3)13-16-11-7-5-4-6-10(11)14(21)17-13/h4-9H,1-3H3,(H,16,17,21)(H,18,19,20). The van der Waals surface area contributed by atoms with Crippen LogP contribution in [-0.4, -0.2) is 25.1 Å². The molecule has 1 unspecified atom stereocenters. The number of hydrogen-bond donors (Lipinski definition) is 2. The fourth-order valence-corrected chi connectivity index (χ4v) is 2.87. The first-order valence-electron chi connectivity index (χ1n) is 7.12. The first-order valence-corrected chi connectivity index (χ1v) is 8.00. The second kappa shape index (κ2) is 5.92. The average Bonchev–Trinajstić information content (AvgIpc) is 2.96. The monoisotopic (exact) mass is 315 g/mol. The third-order valence-electron chi connectivity index (χ3n) is 3.33. The molecule has 0 spiro atoms. The topological polar surface area (TPSA) is 87.3 Å². The summed E-state index contributed by atoms with van der Waals surface area (Å²) in [5.74, 6) is 1.79. The summed E-state index contributed by atoms with van der Waals surface area (Å²) in [6.07, 6.45) is 0. The Kier molecular flexibility index (Phi) is 3.98. The maximum absolute atomic E-state index is 12.1. The minimum Gasteiger partial charge on any atom is -0.309 e. The summed E-state index contributed by atoms with van der Waals surface area (Å²) in [5.41, 5.74) is 0.581. The molecule has 0 aliphatic rings. The first-order chi connectivity index (χ1) is 10.5. The lowest BCUT2D eigenvalue weighted by Crippen LogP contribution is -2.12. The van der Waals surface area contributed by atoms with Crippen molar-refractivity contribution in [2.24, 2.45) is 0 Å². The average molecular weight is 315 g/mol. The first kappa shape index (κ1) is 14.8. The predicted molar refractivity (Wildman–Crippen MR) is 87.1 cm³/mol. The summed E-state index contributed by atoms with van der Waals surface area (Å²) < 4.78 is 0. The lowest BCUT2D eigenvalue weighted by Gasteiger charge is -2.08. The number of nitrogens with zero attached hydrogens (tertiary/aromatic N) is 3. The van der Waals surface area contributed by atoms with E-state index in [1.165, 1.54) is 11.8 Å². The number of H-pyrrole nitrogens is 2. The minimum atomic E-state index is -0.120. The van der Waals surface area contributed by atoms with Crippen LogP contribution in [0.2, 0.25) is 0 Å². The van der Waals surface area contributed by atoms with Crippen LogP contribution in [0.25, 0.3) is 10.9 Å². The van der Waals surface area contributed by atoms with Crippen molar-refractivity contribution in [2.45, 2.75) is 37.1 Å². The highest BCUT2D eigenvalue weighted by molar-refractivity contribution is 7.99. The van der Waals surface area contributed by atoms with Gasteiger partial charge in [0.15, 0.2) is 0 Å². The smallest absolute Gasteiger partial charge is 0.258 e. The van der Waals surface area contributed by atoms with Crippen molar-refractivity contribution in [1.82, 2.24) is 25.1 Å². The molecule has 3 rings (SSSR count). The van der Waals surface area contributed by atoms with Crippen LogP contribution in [0.1, 0.15) is 43.6 Å². The van der Waals surface area contributed by atoms with Crippen LogP contribution in [0.4, 0.5) is 0 Å². The van der Waals surface area contributed by atoms with E-state index in [0.29, 0.717) is 27.8 Å². The Balaban J connectivity index is 1.88. The molecule has 3 aromatic rings. The molecule has 0 saturated heterocycles. The van der Waals surface area contributed by atoms with Crippen LogP contribution in [0.3, 0.4) is 0 Å². The summed E-state index contributed by atoms with van der Waals surface area (Å²) in [4.78, 5) is 23.9. The number of hydrogen-bond acceptors (Lipinski definition) is 5. The van der Waals surface area contributed by atoms with Crippen LogP contribution >= 0.6 is 11.8 Å². The van der Waals surface area contributed by atoms with Gasteiger partial charge in [-0.2, -0.15) is 0 Å². The summed E-state index contributed by atoms with van der Waals surface area (Å²) in [7, 11) is 0. The van der Waals surface area contributed by atoms with Gasteiger partial charge in [-0.25, -0.2) is 9.97 Å². The van der Waals surface area contributed by atoms with Gasteiger partial charge in [-0.15, -0.1) is 5.10 Å². The molecular weight excluding hydrogens is 298 g/mol. The number of nitrogens with one attached hydrogen (secondary N) is 2. The number of thioether (sulfide) groups is 1. The Morgan fingerprint density at radius 2 is 1.86 bits per heavy atom. The zero-order valence-corrected chi connectivity index (χ0v) is 13.4. The predicted octanol–water partition coefficient (Wildman–Crippen LogP) is 3.02. The summed E-state index contributed by atoms with van der Waals surface area (Å²) in [5, 5.41) is 8.34. The number of fused-ring (bicyclic) bond motifs is 1. The largest absolute Gasteiger partial charge is 0.309 e. The SMILES string of the molecule is CC(C)c1nc(SC(C)c2nc3ccccc3c(=O)[nH]2)n[nH]1. The molecule has 2 N–H and O–H groups in total. The summed E-state index contributed by atoms with van der Waals surface area (Å²) >= 11 is 1.47. The summed E-state index contributed by atoms with van der Waals surface area (Å²) in [6.45, 7) is 6.09. The maximum Gasteiger partial charge on any atom is 0.258 e. The van der Waals surface area contributed by atoms with Crippen molar-refractivity contribution in [2.75, 3.05) is 0 Å². The van der Waals surface area contributed by atoms with Gasteiger partial charge in [0.2, 0.25) is 5.16 Å². The molecule has 0 aliphatic carbocycles. The van der Waals surface area contributed by atoms with Crippen molar-refractivity contribution >= 4 is 22.7 Å². The van der Waals surface area contributed by atoms with E-state index < -0.39 is 0 Å². The Bertz CT molecular complexity index is 854. The molecule has 0 radical (unpaired) electrons. The summed E-state index contributed by atoms with van der Waals surface area (Å²) in [6, 6.07) is 7.32. The fourth-order valence-electron chi connectivity index (χ4n) is 2.08. The van der Waals surface area contributed by atoms with Gasteiger partial charge >= 0.3 is 0 Å². The molecule has 0 amide bonds. The van der Waals surface area contributed by atoms with Gasteiger partial charge in [0.25, 0.3) is 5.56 Å². The van der Waals surface area contributed by atoms with E-state index in [1.54, 1.807) is 6.07 Å². The number of benzene rings is 1. The molecule has 2 aromatic heterocycles. The number of aromatic nitrogens is 5. The Morgan fingerprint density at radius 3 is 2.59 bits per heavy atom. The Labute approximate surface area is 131 Å². The van der Waals surface area contributed by atoms with Crippen molar-refractivity contribution in [1.29, 1.82) is 0 Å². The van der Waals surface area contributed by atoms with Crippen LogP contribution in [0.5, 0.6) is 0 Å². The zero-order chi connectivity index (χ0) is 15.7. The van der Waals surface area contributed by atoms with Crippen LogP contribution < -0.4 is 5.56 Å². The third kappa shape index (κ3) is 2.89. The zero-order valence-electron chi connectivity index (χ0n) is 12.6. The fraction of sp³-hybridized carbons (Fsp3) is 0.333. The van der Waals surface area contributed by atoms with Gasteiger partial charge < -0.3 is 4.98 Å². The van der Waals surface area contributed by atoms with Gasteiger partial charge in [-0.1, -0.05) is 37.7 Å². The molecule has 7 heteroatoms. The van der Waals surface area contributed by atoms with E-state index in [9.17, 15) is 4.79 Å². The van der Waals surface area contributed by atoms with E-state index >= 15 is 0 Å². The highest BCUT2D eigenvalue weighted by atomic mass is 32.2. The van der Waals surface area contributed by atoms with Crippen molar-refractivity contribution in [3.63, 3.8) is 0 Å². The van der Waals surface area contributed by atoms with E-state index in [-0.39, 0.29) is 10.8 Å². The molecule has 2 heterocycles. The maximum atomic E-state index is 12.1. The van der Waals surface area contributed by atoms with Crippen molar-refractivity contribution in [3.8, 4) is 0 Å². The Morgan fingerprint density at radius 1 is 1.09 bits per heavy atom. The highest BCUT2D eigenvalue weighted by Crippen LogP contribution is 2.31. The van der Waals surface area contributed by atoms with Gasteiger partial charge in [-0.3, -0.25) is 9.89 Å². The van der Waals surface area contributed by atoms with E-state index in [2.05, 4.69) is 39.0 Å². The molecule has 0 bridgehead atoms. The molecule has 0 saturated carbocycles. The quantitative estimate of drug-likeness (QED) is 0.723. The number of para-hydroxylation sites is 1. The van der Waals surface area contributed by atoms with Crippen LogP contribution in [0.15, 0.2) is 34.2 Å². The highest BCUT2D eigenvalue weighted by Gasteiger charge is 2.15. The van der Waals surface area contributed by atoms with Gasteiger partial charge in [0, 0.05) is 5.92 Å². The number of aromatic amines is 2.